The molecular formula is C26H31N7O3S. The SMILES string of the molecule is Cc1cc2c(c3c1-c1ccnc(c1)OCCCN1CCC4(C1)CN(C4)S(=O)(=O)c1nc(n[nH]1)N3)CCC2. The Labute approximate surface area is 216 Å². The third kappa shape index (κ3) is 3.91. The van der Waals surface area contributed by atoms with Crippen molar-refractivity contribution in [1.29, 1.82) is 0 Å². The number of sulfonamides is 1. The number of nitrogens with zero attached hydrogens (tertiary/aromatic N) is 5. The van der Waals surface area contributed by atoms with Crippen LogP contribution in [0.1, 0.15) is 36.0 Å². The van der Waals surface area contributed by atoms with E-state index < -0.39 is 10.0 Å². The molecule has 0 amide bonds. The van der Waals surface area contributed by atoms with Crippen LogP contribution in [0.25, 0.3) is 11.1 Å². The second kappa shape index (κ2) is 8.50. The lowest BCUT2D eigenvalue weighted by molar-refractivity contribution is 0.0767. The minimum atomic E-state index is -3.73. The number of pyridine rings is 1. The highest BCUT2D eigenvalue weighted by molar-refractivity contribution is 7.89. The Bertz CT molecular complexity index is 1480. The Morgan fingerprint density at radius 3 is 2.89 bits per heavy atom. The Morgan fingerprint density at radius 1 is 1.11 bits per heavy atom. The number of H-pyrrole nitrogens is 1. The molecule has 7 bridgehead atoms. The van der Waals surface area contributed by atoms with Gasteiger partial charge in [-0.15, -0.1) is 5.10 Å². The molecule has 1 aromatic carbocycles. The molecule has 0 saturated carbocycles. The Kier molecular flexibility index (Phi) is 5.31. The molecule has 0 radical (unpaired) electrons. The molecule has 37 heavy (non-hydrogen) atoms. The van der Waals surface area contributed by atoms with Crippen LogP contribution < -0.4 is 10.1 Å². The van der Waals surface area contributed by atoms with Gasteiger partial charge in [0.15, 0.2) is 0 Å². The Balaban J connectivity index is 1.31. The van der Waals surface area contributed by atoms with E-state index in [2.05, 4.69) is 43.4 Å². The summed E-state index contributed by atoms with van der Waals surface area (Å²) in [7, 11) is -3.73. The minimum absolute atomic E-state index is 0.0326. The number of aromatic nitrogens is 4. The lowest BCUT2D eigenvalue weighted by Gasteiger charge is -2.46. The summed E-state index contributed by atoms with van der Waals surface area (Å²) in [5.74, 6) is 0.866. The molecule has 3 aromatic rings. The molecule has 5 aliphatic rings. The topological polar surface area (TPSA) is 116 Å². The van der Waals surface area contributed by atoms with Crippen LogP contribution in [0.2, 0.25) is 0 Å². The van der Waals surface area contributed by atoms with Gasteiger partial charge in [0.2, 0.25) is 11.8 Å². The average molecular weight is 522 g/mol. The quantitative estimate of drug-likeness (QED) is 0.464. The summed E-state index contributed by atoms with van der Waals surface area (Å²) in [5, 5.41) is 10.2. The second-order valence-electron chi connectivity index (χ2n) is 10.9. The molecule has 2 saturated heterocycles. The molecular weight excluding hydrogens is 490 g/mol. The number of aryl methyl sites for hydroxylation is 2. The number of nitrogens with one attached hydrogen (secondary N) is 2. The zero-order valence-electron chi connectivity index (χ0n) is 21.0. The molecule has 11 heteroatoms. The Hall–Kier alpha value is -3.02. The highest BCUT2D eigenvalue weighted by atomic mass is 32.2. The van der Waals surface area contributed by atoms with Crippen molar-refractivity contribution in [3.05, 3.63) is 41.1 Å². The molecule has 1 atom stereocenters. The van der Waals surface area contributed by atoms with Crippen LogP contribution in [0, 0.1) is 12.3 Å². The van der Waals surface area contributed by atoms with Crippen molar-refractivity contribution >= 4 is 21.7 Å². The number of ether oxygens (including phenoxy) is 1. The molecule has 1 spiro atoms. The zero-order chi connectivity index (χ0) is 25.2. The highest BCUT2D eigenvalue weighted by Crippen LogP contribution is 2.43. The molecule has 1 aliphatic carbocycles. The fraction of sp³-hybridized carbons (Fsp3) is 0.500. The highest BCUT2D eigenvalue weighted by Gasteiger charge is 2.52. The number of fused-ring (bicyclic) bond motifs is 4. The predicted octanol–water partition coefficient (Wildman–Crippen LogP) is 2.89. The van der Waals surface area contributed by atoms with Crippen LogP contribution in [0.5, 0.6) is 5.88 Å². The first kappa shape index (κ1) is 23.1. The first-order valence-electron chi connectivity index (χ1n) is 13.1. The fourth-order valence-corrected chi connectivity index (χ4v) is 8.01. The zero-order valence-corrected chi connectivity index (χ0v) is 21.8. The maximum Gasteiger partial charge on any atom is 0.278 e. The summed E-state index contributed by atoms with van der Waals surface area (Å²) in [6.07, 6.45) is 6.74. The van der Waals surface area contributed by atoms with Gasteiger partial charge < -0.3 is 15.0 Å². The Morgan fingerprint density at radius 2 is 2.00 bits per heavy atom. The summed E-state index contributed by atoms with van der Waals surface area (Å²) >= 11 is 0. The van der Waals surface area contributed by atoms with Crippen LogP contribution >= 0.6 is 0 Å². The summed E-state index contributed by atoms with van der Waals surface area (Å²) < 4.78 is 34.3. The predicted molar refractivity (Wildman–Crippen MR) is 138 cm³/mol. The van der Waals surface area contributed by atoms with Crippen molar-refractivity contribution in [2.24, 2.45) is 5.41 Å². The van der Waals surface area contributed by atoms with Gasteiger partial charge in [0.1, 0.15) is 0 Å². The summed E-state index contributed by atoms with van der Waals surface area (Å²) in [4.78, 5) is 11.3. The van der Waals surface area contributed by atoms with Crippen molar-refractivity contribution in [2.45, 2.75) is 44.2 Å². The summed E-state index contributed by atoms with van der Waals surface area (Å²) in [6.45, 7) is 6.57. The molecule has 2 N–H and O–H groups in total. The van der Waals surface area contributed by atoms with E-state index in [9.17, 15) is 8.42 Å². The van der Waals surface area contributed by atoms with Gasteiger partial charge in [-0.3, -0.25) is 0 Å². The van der Waals surface area contributed by atoms with Gasteiger partial charge in [0.05, 0.1) is 12.3 Å². The normalized spacial score (nSPS) is 27.9. The van der Waals surface area contributed by atoms with E-state index in [1.54, 1.807) is 6.20 Å². The van der Waals surface area contributed by atoms with Gasteiger partial charge in [-0.2, -0.15) is 9.29 Å². The molecule has 10 nitrogen and oxygen atoms in total. The van der Waals surface area contributed by atoms with E-state index in [1.165, 1.54) is 15.4 Å². The summed E-state index contributed by atoms with van der Waals surface area (Å²) in [6, 6.07) is 6.24. The van der Waals surface area contributed by atoms with Crippen LogP contribution in [-0.4, -0.2) is 77.1 Å². The van der Waals surface area contributed by atoms with Crippen molar-refractivity contribution in [3.8, 4) is 17.0 Å². The van der Waals surface area contributed by atoms with E-state index in [0.29, 0.717) is 25.6 Å². The van der Waals surface area contributed by atoms with Crippen LogP contribution in [0.15, 0.2) is 29.6 Å². The van der Waals surface area contributed by atoms with Crippen molar-refractivity contribution in [2.75, 3.05) is 44.6 Å². The van der Waals surface area contributed by atoms with E-state index >= 15 is 0 Å². The number of hydrogen-bond acceptors (Lipinski definition) is 8. The van der Waals surface area contributed by atoms with E-state index in [0.717, 1.165) is 74.1 Å². The smallest absolute Gasteiger partial charge is 0.278 e. The molecule has 2 aromatic heterocycles. The largest absolute Gasteiger partial charge is 0.478 e. The third-order valence-corrected chi connectivity index (χ3v) is 9.93. The monoisotopic (exact) mass is 521 g/mol. The lowest BCUT2D eigenvalue weighted by Crippen LogP contribution is -2.59. The van der Waals surface area contributed by atoms with Gasteiger partial charge in [0.25, 0.3) is 15.2 Å². The number of rotatable bonds is 0. The van der Waals surface area contributed by atoms with Gasteiger partial charge in [-0.05, 0) is 73.9 Å². The summed E-state index contributed by atoms with van der Waals surface area (Å²) in [5.41, 5.74) is 6.66. The maximum atomic E-state index is 13.3. The second-order valence-corrected chi connectivity index (χ2v) is 12.8. The first-order valence-corrected chi connectivity index (χ1v) is 14.5. The molecule has 194 valence electrons. The number of hydrogen-bond donors (Lipinski definition) is 2. The van der Waals surface area contributed by atoms with Gasteiger partial charge in [-0.1, -0.05) is 6.07 Å². The van der Waals surface area contributed by atoms with Crippen molar-refractivity contribution in [3.63, 3.8) is 0 Å². The van der Waals surface area contributed by atoms with Crippen molar-refractivity contribution < 1.29 is 13.2 Å². The maximum absolute atomic E-state index is 13.3. The molecule has 6 heterocycles. The van der Waals surface area contributed by atoms with E-state index in [-0.39, 0.29) is 16.5 Å². The standard InChI is InChI=1S/C26H31N7O3S/c1-17-12-18-4-2-5-20(18)23-22(17)19-6-8-27-21(13-19)36-11-3-9-32-10-7-26(14-32)15-33(16-26)37(34,35)25-29-24(28-23)30-31-25/h6,8,12-13H,2-5,7,9-11,14-16H2,1H3,(H2,28,29,30,31). The average Bonchev–Trinajstić information content (AvgIpc) is 3.60. The van der Waals surface area contributed by atoms with Crippen LogP contribution in [0.3, 0.4) is 0 Å². The molecule has 1 unspecified atom stereocenters. The van der Waals surface area contributed by atoms with Crippen LogP contribution in [-0.2, 0) is 22.9 Å². The van der Waals surface area contributed by atoms with Gasteiger partial charge in [0, 0.05) is 49.4 Å². The molecule has 4 aliphatic heterocycles. The third-order valence-electron chi connectivity index (χ3n) is 8.32. The van der Waals surface area contributed by atoms with Gasteiger partial charge in [-0.25, -0.2) is 18.5 Å². The molecule has 8 rings (SSSR count). The lowest BCUT2D eigenvalue weighted by atomic mass is 9.81. The van der Waals surface area contributed by atoms with Crippen LogP contribution in [0.4, 0.5) is 11.6 Å². The number of aromatic amines is 1. The number of benzene rings is 1. The minimum Gasteiger partial charge on any atom is -0.478 e. The fourth-order valence-electron chi connectivity index (χ4n) is 6.51. The number of anilines is 2. The first-order chi connectivity index (χ1) is 17.9. The molecule has 2 fully saturated rings. The van der Waals surface area contributed by atoms with Crippen molar-refractivity contribution in [1.82, 2.24) is 29.4 Å². The van der Waals surface area contributed by atoms with E-state index in [1.807, 2.05) is 12.1 Å². The van der Waals surface area contributed by atoms with E-state index in [4.69, 9.17) is 4.74 Å². The van der Waals surface area contributed by atoms with Gasteiger partial charge >= 0.3 is 0 Å².